The monoisotopic (exact) mass is 381 g/mol. The van der Waals surface area contributed by atoms with E-state index < -0.39 is 34.5 Å². The molecular weight excluding hydrogens is 363 g/mol. The van der Waals surface area contributed by atoms with E-state index in [2.05, 4.69) is 0 Å². The zero-order valence-electron chi connectivity index (χ0n) is 15.0. The number of anilines is 1. The highest BCUT2D eigenvalue weighted by Crippen LogP contribution is 2.52. The Labute approximate surface area is 153 Å². The standard InChI is InChI=1S/C19H18F3NO4/c1-10(24)11-4-6-12(7-5-11)23-13-8-17(2,3)9-14(25)15(13)18(27,16(23)26)19(20,21)22/h4-7,27H,8-9H2,1-3H3/t18-/m0/s1. The highest BCUT2D eigenvalue weighted by Gasteiger charge is 2.70. The van der Waals surface area contributed by atoms with E-state index in [-0.39, 0.29) is 30.0 Å². The van der Waals surface area contributed by atoms with Crippen molar-refractivity contribution >= 4 is 23.2 Å². The molecule has 0 unspecified atom stereocenters. The van der Waals surface area contributed by atoms with Crippen LogP contribution in [0, 0.1) is 5.41 Å². The van der Waals surface area contributed by atoms with Gasteiger partial charge in [-0.2, -0.15) is 13.2 Å². The predicted molar refractivity (Wildman–Crippen MR) is 90.0 cm³/mol. The van der Waals surface area contributed by atoms with Gasteiger partial charge in [0.25, 0.3) is 11.5 Å². The molecule has 2 aliphatic rings. The minimum atomic E-state index is -5.34. The van der Waals surface area contributed by atoms with Crippen molar-refractivity contribution in [2.24, 2.45) is 5.41 Å². The minimum absolute atomic E-state index is 0.0205. The van der Waals surface area contributed by atoms with Crippen LogP contribution in [0.4, 0.5) is 18.9 Å². The average molecular weight is 381 g/mol. The van der Waals surface area contributed by atoms with Crippen molar-refractivity contribution in [2.75, 3.05) is 4.90 Å². The molecule has 0 fully saturated rings. The molecule has 1 aromatic carbocycles. The summed E-state index contributed by atoms with van der Waals surface area (Å²) in [6, 6.07) is 5.42. The molecule has 1 aliphatic carbocycles. The van der Waals surface area contributed by atoms with Crippen LogP contribution >= 0.6 is 0 Å². The molecule has 1 N–H and O–H groups in total. The maximum absolute atomic E-state index is 13.7. The molecule has 1 heterocycles. The summed E-state index contributed by atoms with van der Waals surface area (Å²) in [5.41, 5.74) is -5.18. The molecule has 3 rings (SSSR count). The van der Waals surface area contributed by atoms with Crippen LogP contribution in [0.1, 0.15) is 44.0 Å². The van der Waals surface area contributed by atoms with Gasteiger partial charge in [0.05, 0.1) is 5.57 Å². The highest BCUT2D eigenvalue weighted by atomic mass is 19.4. The summed E-state index contributed by atoms with van der Waals surface area (Å²) in [4.78, 5) is 37.4. The number of hydrogen-bond donors (Lipinski definition) is 1. The molecular formula is C19H18F3NO4. The lowest BCUT2D eigenvalue weighted by Crippen LogP contribution is -2.55. The highest BCUT2D eigenvalue weighted by molar-refractivity contribution is 6.18. The zero-order valence-corrected chi connectivity index (χ0v) is 15.0. The van der Waals surface area contributed by atoms with Gasteiger partial charge in [-0.3, -0.25) is 19.3 Å². The summed E-state index contributed by atoms with van der Waals surface area (Å²) in [5, 5.41) is 10.4. The molecule has 0 saturated carbocycles. The van der Waals surface area contributed by atoms with Crippen molar-refractivity contribution in [2.45, 2.75) is 45.4 Å². The molecule has 0 radical (unpaired) electrons. The third-order valence-electron chi connectivity index (χ3n) is 4.94. The van der Waals surface area contributed by atoms with Crippen LogP contribution in [-0.4, -0.2) is 34.4 Å². The number of allylic oxidation sites excluding steroid dienone is 1. The lowest BCUT2D eigenvalue weighted by Gasteiger charge is -2.33. The van der Waals surface area contributed by atoms with Gasteiger partial charge in [-0.25, -0.2) is 0 Å². The van der Waals surface area contributed by atoms with Crippen molar-refractivity contribution in [1.82, 2.24) is 0 Å². The Bertz CT molecular complexity index is 883. The fourth-order valence-corrected chi connectivity index (χ4v) is 3.66. The summed E-state index contributed by atoms with van der Waals surface area (Å²) in [7, 11) is 0. The summed E-state index contributed by atoms with van der Waals surface area (Å²) >= 11 is 0. The maximum Gasteiger partial charge on any atom is 0.430 e. The number of nitrogens with zero attached hydrogens (tertiary/aromatic N) is 1. The van der Waals surface area contributed by atoms with E-state index in [0.29, 0.717) is 5.56 Å². The number of amides is 1. The zero-order chi connectivity index (χ0) is 20.4. The fraction of sp³-hybridized carbons (Fsp3) is 0.421. The number of benzene rings is 1. The number of rotatable bonds is 2. The van der Waals surface area contributed by atoms with Crippen molar-refractivity contribution in [3.05, 3.63) is 41.1 Å². The molecule has 1 aliphatic heterocycles. The maximum atomic E-state index is 13.7. The van der Waals surface area contributed by atoms with E-state index in [1.165, 1.54) is 31.2 Å². The second kappa shape index (κ2) is 5.76. The molecule has 0 spiro atoms. The number of alkyl halides is 3. The molecule has 5 nitrogen and oxygen atoms in total. The van der Waals surface area contributed by atoms with Crippen LogP contribution in [-0.2, 0) is 9.59 Å². The van der Waals surface area contributed by atoms with Crippen molar-refractivity contribution in [3.63, 3.8) is 0 Å². The van der Waals surface area contributed by atoms with Gasteiger partial charge < -0.3 is 5.11 Å². The molecule has 0 aromatic heterocycles. The Hall–Kier alpha value is -2.48. The topological polar surface area (TPSA) is 74.7 Å². The third kappa shape index (κ3) is 2.79. The summed E-state index contributed by atoms with van der Waals surface area (Å²) in [6.45, 7) is 4.75. The van der Waals surface area contributed by atoms with Crippen LogP contribution in [0.5, 0.6) is 0 Å². The van der Waals surface area contributed by atoms with Gasteiger partial charge in [0, 0.05) is 23.4 Å². The van der Waals surface area contributed by atoms with Gasteiger partial charge >= 0.3 is 6.18 Å². The number of carbonyl (C=O) groups excluding carboxylic acids is 3. The second-order valence-corrected chi connectivity index (χ2v) is 7.71. The molecule has 144 valence electrons. The molecule has 27 heavy (non-hydrogen) atoms. The SMILES string of the molecule is CC(=O)c1ccc(N2C(=O)[C@](O)(C(F)(F)F)C3=C2CC(C)(C)CC3=O)cc1. The first-order valence-corrected chi connectivity index (χ1v) is 8.31. The molecule has 1 atom stereocenters. The van der Waals surface area contributed by atoms with Gasteiger partial charge in [-0.05, 0) is 43.0 Å². The molecule has 0 bridgehead atoms. The van der Waals surface area contributed by atoms with E-state index in [0.717, 1.165) is 4.90 Å². The van der Waals surface area contributed by atoms with E-state index in [4.69, 9.17) is 0 Å². The van der Waals surface area contributed by atoms with E-state index in [1.807, 2.05) is 0 Å². The number of aliphatic hydroxyl groups is 1. The van der Waals surface area contributed by atoms with Crippen molar-refractivity contribution in [3.8, 4) is 0 Å². The van der Waals surface area contributed by atoms with Crippen LogP contribution < -0.4 is 4.90 Å². The van der Waals surface area contributed by atoms with Gasteiger partial charge in [-0.15, -0.1) is 0 Å². The quantitative estimate of drug-likeness (QED) is 0.799. The minimum Gasteiger partial charge on any atom is -0.368 e. The van der Waals surface area contributed by atoms with Crippen LogP contribution in [0.3, 0.4) is 0 Å². The fourth-order valence-electron chi connectivity index (χ4n) is 3.66. The van der Waals surface area contributed by atoms with Crippen molar-refractivity contribution < 1.29 is 32.7 Å². The Kier molecular flexibility index (Phi) is 4.11. The smallest absolute Gasteiger partial charge is 0.368 e. The van der Waals surface area contributed by atoms with Gasteiger partial charge in [0.2, 0.25) is 0 Å². The largest absolute Gasteiger partial charge is 0.430 e. The van der Waals surface area contributed by atoms with E-state index >= 15 is 0 Å². The van der Waals surface area contributed by atoms with Gasteiger partial charge in [-0.1, -0.05) is 13.8 Å². The van der Waals surface area contributed by atoms with Gasteiger partial charge in [0.1, 0.15) is 0 Å². The van der Waals surface area contributed by atoms with Gasteiger partial charge in [0.15, 0.2) is 11.6 Å². The first-order chi connectivity index (χ1) is 12.3. The average Bonchev–Trinajstić information content (AvgIpc) is 2.74. The number of carbonyl (C=O) groups is 3. The normalized spacial score (nSPS) is 25.1. The third-order valence-corrected chi connectivity index (χ3v) is 4.94. The van der Waals surface area contributed by atoms with E-state index in [1.54, 1.807) is 13.8 Å². The molecule has 8 heteroatoms. The summed E-state index contributed by atoms with van der Waals surface area (Å²) < 4.78 is 41.0. The van der Waals surface area contributed by atoms with Crippen LogP contribution in [0.15, 0.2) is 35.5 Å². The summed E-state index contributed by atoms with van der Waals surface area (Å²) in [6.07, 6.45) is -5.52. The Morgan fingerprint density at radius 2 is 1.67 bits per heavy atom. The number of hydrogen-bond acceptors (Lipinski definition) is 4. The lowest BCUT2D eigenvalue weighted by molar-refractivity contribution is -0.235. The summed E-state index contributed by atoms with van der Waals surface area (Å²) in [5.74, 6) is -2.76. The first-order valence-electron chi connectivity index (χ1n) is 8.31. The molecule has 0 saturated heterocycles. The van der Waals surface area contributed by atoms with Crippen molar-refractivity contribution in [1.29, 1.82) is 0 Å². The lowest BCUT2D eigenvalue weighted by atomic mass is 9.73. The predicted octanol–water partition coefficient (Wildman–Crippen LogP) is 3.17. The number of ketones is 2. The second-order valence-electron chi connectivity index (χ2n) is 7.71. The number of Topliss-reactive ketones (excluding diaryl/α,β-unsaturated/α-hetero) is 2. The molecule has 1 aromatic rings. The van der Waals surface area contributed by atoms with Crippen LogP contribution in [0.2, 0.25) is 0 Å². The number of halogens is 3. The van der Waals surface area contributed by atoms with Crippen LogP contribution in [0.25, 0.3) is 0 Å². The molecule has 1 amide bonds. The first kappa shape index (κ1) is 19.3. The Balaban J connectivity index is 2.21. The Morgan fingerprint density at radius 1 is 1.11 bits per heavy atom. The van der Waals surface area contributed by atoms with E-state index in [9.17, 15) is 32.7 Å². The Morgan fingerprint density at radius 3 is 2.15 bits per heavy atom.